The summed E-state index contributed by atoms with van der Waals surface area (Å²) in [7, 11) is 0. The van der Waals surface area contributed by atoms with Crippen LogP contribution in [0.1, 0.15) is 27.5 Å². The number of rotatable bonds is 2. The Morgan fingerprint density at radius 1 is 1.27 bits per heavy atom. The van der Waals surface area contributed by atoms with Gasteiger partial charge in [-0.25, -0.2) is 8.78 Å². The average Bonchev–Trinajstić information content (AvgIpc) is 2.89. The molecule has 0 saturated heterocycles. The van der Waals surface area contributed by atoms with Crippen LogP contribution in [0.5, 0.6) is 0 Å². The number of carbonyl (C=O) groups excluding carboxylic acids is 1. The molecular formula is C16H10F2N2OS. The van der Waals surface area contributed by atoms with Crippen LogP contribution in [0.25, 0.3) is 0 Å². The van der Waals surface area contributed by atoms with Crippen LogP contribution in [-0.2, 0) is 0 Å². The molecule has 0 bridgehead atoms. The van der Waals surface area contributed by atoms with Crippen molar-refractivity contribution in [2.75, 3.05) is 5.75 Å². The predicted molar refractivity (Wildman–Crippen MR) is 78.4 cm³/mol. The van der Waals surface area contributed by atoms with Gasteiger partial charge in [0.1, 0.15) is 17.2 Å². The van der Waals surface area contributed by atoms with Crippen LogP contribution in [0.3, 0.4) is 0 Å². The van der Waals surface area contributed by atoms with Crippen LogP contribution in [0, 0.1) is 23.0 Å². The van der Waals surface area contributed by atoms with E-state index in [2.05, 4.69) is 5.32 Å². The van der Waals surface area contributed by atoms with Gasteiger partial charge in [0.05, 0.1) is 17.7 Å². The van der Waals surface area contributed by atoms with Crippen LogP contribution < -0.4 is 5.32 Å². The van der Waals surface area contributed by atoms with Crippen LogP contribution >= 0.6 is 11.8 Å². The van der Waals surface area contributed by atoms with Crippen molar-refractivity contribution >= 4 is 17.7 Å². The fourth-order valence-electron chi connectivity index (χ4n) is 2.37. The van der Waals surface area contributed by atoms with Gasteiger partial charge < -0.3 is 5.32 Å². The third-order valence-corrected chi connectivity index (χ3v) is 4.59. The summed E-state index contributed by atoms with van der Waals surface area (Å²) < 4.78 is 27.7. The molecular weight excluding hydrogens is 306 g/mol. The molecule has 110 valence electrons. The number of hydrogen-bond donors (Lipinski definition) is 1. The van der Waals surface area contributed by atoms with E-state index in [0.717, 1.165) is 22.6 Å². The first-order valence-electron chi connectivity index (χ1n) is 6.52. The van der Waals surface area contributed by atoms with Gasteiger partial charge in [0.2, 0.25) is 0 Å². The Morgan fingerprint density at radius 3 is 2.64 bits per heavy atom. The van der Waals surface area contributed by atoms with E-state index < -0.39 is 23.1 Å². The molecule has 0 radical (unpaired) electrons. The minimum atomic E-state index is -1.03. The van der Waals surface area contributed by atoms with E-state index >= 15 is 0 Å². The number of fused-ring (bicyclic) bond motifs is 1. The van der Waals surface area contributed by atoms with Gasteiger partial charge in [-0.3, -0.25) is 4.79 Å². The molecule has 0 saturated carbocycles. The molecule has 1 N–H and O–H groups in total. The first kappa shape index (κ1) is 14.5. The minimum Gasteiger partial charge on any atom is -0.344 e. The Hall–Kier alpha value is -2.39. The summed E-state index contributed by atoms with van der Waals surface area (Å²) in [6, 6.07) is 10.6. The van der Waals surface area contributed by atoms with Gasteiger partial charge in [-0.15, -0.1) is 11.8 Å². The molecule has 1 aliphatic heterocycles. The number of nitrogens with zero attached hydrogens (tertiary/aromatic N) is 1. The highest BCUT2D eigenvalue weighted by Crippen LogP contribution is 2.37. The molecule has 0 aromatic heterocycles. The number of thioether (sulfide) groups is 1. The lowest BCUT2D eigenvalue weighted by Gasteiger charge is -2.14. The molecule has 3 rings (SSSR count). The molecule has 1 heterocycles. The van der Waals surface area contributed by atoms with Crippen LogP contribution in [0.4, 0.5) is 8.78 Å². The maximum absolute atomic E-state index is 13.9. The number of nitriles is 1. The molecule has 22 heavy (non-hydrogen) atoms. The average molecular weight is 316 g/mol. The van der Waals surface area contributed by atoms with Gasteiger partial charge in [-0.1, -0.05) is 18.2 Å². The van der Waals surface area contributed by atoms with Crippen molar-refractivity contribution in [3.8, 4) is 6.07 Å². The Kier molecular flexibility index (Phi) is 3.82. The smallest absolute Gasteiger partial charge is 0.257 e. The molecule has 6 heteroatoms. The molecule has 1 amide bonds. The lowest BCUT2D eigenvalue weighted by molar-refractivity contribution is 0.0932. The van der Waals surface area contributed by atoms with E-state index in [1.54, 1.807) is 17.8 Å². The standard InChI is InChI=1S/C16H10F2N2OS/c17-11-5-9(7-19)6-12(18)15(11)16(21)20-13-8-22-14-4-2-1-3-10(13)14/h1-6,13H,8H2,(H,20,21). The van der Waals surface area contributed by atoms with Gasteiger partial charge >= 0.3 is 0 Å². The van der Waals surface area contributed by atoms with Crippen molar-refractivity contribution in [3.63, 3.8) is 0 Å². The van der Waals surface area contributed by atoms with Crippen molar-refractivity contribution in [3.05, 3.63) is 64.7 Å². The second kappa shape index (κ2) is 5.78. The van der Waals surface area contributed by atoms with Crippen molar-refractivity contribution in [1.82, 2.24) is 5.32 Å². The quantitative estimate of drug-likeness (QED) is 0.923. The van der Waals surface area contributed by atoms with Gasteiger partial charge in [0.25, 0.3) is 5.91 Å². The zero-order chi connectivity index (χ0) is 15.7. The van der Waals surface area contributed by atoms with E-state index in [9.17, 15) is 13.6 Å². The molecule has 2 aromatic carbocycles. The maximum Gasteiger partial charge on any atom is 0.257 e. The van der Waals surface area contributed by atoms with Crippen LogP contribution in [0.15, 0.2) is 41.3 Å². The number of amides is 1. The Bertz CT molecular complexity index is 778. The van der Waals surface area contributed by atoms with Crippen LogP contribution in [0.2, 0.25) is 0 Å². The zero-order valence-corrected chi connectivity index (χ0v) is 12.1. The fraction of sp³-hybridized carbons (Fsp3) is 0.125. The lowest BCUT2D eigenvalue weighted by atomic mass is 10.1. The third-order valence-electron chi connectivity index (χ3n) is 3.40. The number of benzene rings is 2. The highest BCUT2D eigenvalue weighted by atomic mass is 32.2. The molecule has 0 aliphatic carbocycles. The predicted octanol–water partition coefficient (Wildman–Crippen LogP) is 3.41. The van der Waals surface area contributed by atoms with Gasteiger partial charge in [-0.05, 0) is 23.8 Å². The number of carbonyl (C=O) groups is 1. The normalized spacial score (nSPS) is 16.0. The van der Waals surface area contributed by atoms with E-state index in [4.69, 9.17) is 5.26 Å². The van der Waals surface area contributed by atoms with E-state index in [1.165, 1.54) is 0 Å². The molecule has 1 aliphatic rings. The summed E-state index contributed by atoms with van der Waals surface area (Å²) in [4.78, 5) is 13.2. The zero-order valence-electron chi connectivity index (χ0n) is 11.3. The summed E-state index contributed by atoms with van der Waals surface area (Å²) >= 11 is 1.58. The maximum atomic E-state index is 13.9. The van der Waals surface area contributed by atoms with Gasteiger partial charge in [0, 0.05) is 10.6 Å². The monoisotopic (exact) mass is 316 g/mol. The fourth-order valence-corrected chi connectivity index (χ4v) is 3.53. The van der Waals surface area contributed by atoms with Gasteiger partial charge in [-0.2, -0.15) is 5.26 Å². The van der Waals surface area contributed by atoms with Crippen molar-refractivity contribution < 1.29 is 13.6 Å². The Morgan fingerprint density at radius 2 is 1.95 bits per heavy atom. The molecule has 0 spiro atoms. The van der Waals surface area contributed by atoms with Crippen molar-refractivity contribution in [2.24, 2.45) is 0 Å². The molecule has 0 fully saturated rings. The summed E-state index contributed by atoms with van der Waals surface area (Å²) in [6.45, 7) is 0. The van der Waals surface area contributed by atoms with Crippen molar-refractivity contribution in [1.29, 1.82) is 5.26 Å². The van der Waals surface area contributed by atoms with Crippen molar-refractivity contribution in [2.45, 2.75) is 10.9 Å². The molecule has 1 unspecified atom stereocenters. The third kappa shape index (κ3) is 2.55. The highest BCUT2D eigenvalue weighted by Gasteiger charge is 2.27. The van der Waals surface area contributed by atoms with Gasteiger partial charge in [0.15, 0.2) is 0 Å². The van der Waals surface area contributed by atoms with E-state index in [1.807, 2.05) is 24.3 Å². The first-order valence-corrected chi connectivity index (χ1v) is 7.50. The second-order valence-corrected chi connectivity index (χ2v) is 5.86. The topological polar surface area (TPSA) is 52.9 Å². The van der Waals surface area contributed by atoms with E-state index in [-0.39, 0.29) is 11.6 Å². The van der Waals surface area contributed by atoms with Crippen LogP contribution in [-0.4, -0.2) is 11.7 Å². The minimum absolute atomic E-state index is 0.159. The summed E-state index contributed by atoms with van der Waals surface area (Å²) in [5.41, 5.74) is 0.122. The largest absolute Gasteiger partial charge is 0.344 e. The molecule has 2 aromatic rings. The SMILES string of the molecule is N#Cc1cc(F)c(C(=O)NC2CSc3ccccc32)c(F)c1. The first-order chi connectivity index (χ1) is 10.6. The van der Waals surface area contributed by atoms with E-state index in [0.29, 0.717) is 5.75 Å². The second-order valence-electron chi connectivity index (χ2n) is 4.80. The summed E-state index contributed by atoms with van der Waals surface area (Å²) in [5, 5.41) is 11.3. The lowest BCUT2D eigenvalue weighted by Crippen LogP contribution is -2.30. The Balaban J connectivity index is 1.87. The number of hydrogen-bond acceptors (Lipinski definition) is 3. The highest BCUT2D eigenvalue weighted by molar-refractivity contribution is 7.99. The Labute approximate surface area is 130 Å². The molecule has 3 nitrogen and oxygen atoms in total. The molecule has 1 atom stereocenters. The summed E-state index contributed by atoms with van der Waals surface area (Å²) in [5.74, 6) is -2.27. The number of halogens is 2. The summed E-state index contributed by atoms with van der Waals surface area (Å²) in [6.07, 6.45) is 0. The number of nitrogens with one attached hydrogen (secondary N) is 1.